The lowest BCUT2D eigenvalue weighted by Gasteiger charge is -2.30. The Morgan fingerprint density at radius 2 is 1.22 bits per heavy atom. The number of amides is 1. The first-order valence-electron chi connectivity index (χ1n) is 13.9. The molecule has 51 heavy (non-hydrogen) atoms. The van der Waals surface area contributed by atoms with E-state index in [-0.39, 0.29) is 41.2 Å². The number of carboxylic acids is 1. The zero-order valence-electron chi connectivity index (χ0n) is 26.0. The van der Waals surface area contributed by atoms with E-state index in [9.17, 15) is 30.0 Å². The molecular formula is C32H54Cl3N7O8S. The zero-order valence-corrected chi connectivity index (χ0v) is 29.0. The van der Waals surface area contributed by atoms with Crippen LogP contribution < -0.4 is 24.9 Å². The number of hydrazine groups is 1. The number of carboxylic acid groups (broad SMARTS) is 1. The summed E-state index contributed by atoms with van der Waals surface area (Å²) in [6.07, 6.45) is 8.33. The van der Waals surface area contributed by atoms with Crippen LogP contribution >= 0.6 is 33.0 Å². The molecule has 19 heteroatoms. The number of nitrogens with one attached hydrogen (secondary N) is 2. The molecule has 0 aliphatic carbocycles. The fourth-order valence-electron chi connectivity index (χ4n) is 3.21. The Labute approximate surface area is 318 Å². The summed E-state index contributed by atoms with van der Waals surface area (Å²) >= 11 is 5.11. The molecule has 4 rings (SSSR count). The summed E-state index contributed by atoms with van der Waals surface area (Å²) in [6, 6.07) is 8.32. The molecule has 3 aromatic heterocycles. The van der Waals surface area contributed by atoms with Crippen molar-refractivity contribution in [1.29, 1.82) is 0 Å². The van der Waals surface area contributed by atoms with Crippen molar-refractivity contribution in [1.82, 2.24) is 20.7 Å². The molecule has 1 amide bonds. The second-order valence-electron chi connectivity index (χ2n) is 8.99. The van der Waals surface area contributed by atoms with Gasteiger partial charge < -0.3 is 30.9 Å². The van der Waals surface area contributed by atoms with Gasteiger partial charge in [0.05, 0.1) is 11.1 Å². The Morgan fingerprint density at radius 1 is 0.843 bits per heavy atom. The molecule has 0 radical (unpaired) electrons. The van der Waals surface area contributed by atoms with E-state index in [4.69, 9.17) is 20.9 Å². The second kappa shape index (κ2) is 33.5. The van der Waals surface area contributed by atoms with Crippen LogP contribution in [0.5, 0.6) is 0 Å². The molecule has 15 nitrogen and oxygen atoms in total. The molecule has 0 spiro atoms. The van der Waals surface area contributed by atoms with Gasteiger partial charge in [0, 0.05) is 103 Å². The third kappa shape index (κ3) is 27.7. The lowest BCUT2D eigenvalue weighted by atomic mass is 10.2. The molecule has 1 aliphatic rings. The highest BCUT2D eigenvalue weighted by atomic mass is 36.0. The van der Waals surface area contributed by atoms with Crippen molar-refractivity contribution in [2.75, 3.05) is 46.3 Å². The minimum atomic E-state index is -1.67. The minimum absolute atomic E-state index is 0. The van der Waals surface area contributed by atoms with E-state index in [1.807, 2.05) is 14.0 Å². The van der Waals surface area contributed by atoms with E-state index < -0.39 is 20.4 Å². The average Bonchev–Trinajstić information content (AvgIpc) is 3.00. The highest BCUT2D eigenvalue weighted by Gasteiger charge is 2.15. The average molecular weight is 803 g/mol. The van der Waals surface area contributed by atoms with Gasteiger partial charge in [-0.15, -0.1) is 0 Å². The van der Waals surface area contributed by atoms with Gasteiger partial charge in [-0.3, -0.25) is 15.0 Å². The first kappa shape index (κ1) is 56.7. The van der Waals surface area contributed by atoms with Crippen molar-refractivity contribution < 1.29 is 37.9 Å². The van der Waals surface area contributed by atoms with Gasteiger partial charge in [-0.25, -0.2) is 14.0 Å². The lowest BCUT2D eigenvalue weighted by Crippen LogP contribution is -2.53. The molecule has 1 saturated heterocycles. The van der Waals surface area contributed by atoms with E-state index in [1.54, 1.807) is 17.0 Å². The number of halogens is 3. The first-order chi connectivity index (χ1) is 22.2. The molecular weight excluding hydrogens is 749 g/mol. The van der Waals surface area contributed by atoms with Crippen molar-refractivity contribution in [3.63, 3.8) is 0 Å². The Morgan fingerprint density at radius 3 is 1.47 bits per heavy atom. The van der Waals surface area contributed by atoms with Crippen LogP contribution in [0.25, 0.3) is 0 Å². The number of hydrogen-bond acceptors (Lipinski definition) is 10. The monoisotopic (exact) mass is 801 g/mol. The number of carbonyl (C=O) groups is 3. The molecule has 0 saturated carbocycles. The van der Waals surface area contributed by atoms with Crippen molar-refractivity contribution in [3.8, 4) is 0 Å². The topological polar surface area (TPSA) is 200 Å². The predicted octanol–water partition coefficient (Wildman–Crippen LogP) is 4.52. The number of aromatic nitrogens is 3. The fraction of sp³-hybridized carbons (Fsp3) is 0.438. The molecule has 1 fully saturated rings. The van der Waals surface area contributed by atoms with E-state index in [2.05, 4.69) is 44.0 Å². The Kier molecular flexibility index (Phi) is 37.3. The van der Waals surface area contributed by atoms with Crippen LogP contribution in [-0.2, 0) is 9.23 Å². The standard InChI is InChI=1S/C12H19N3O2.C6H4ClNO2.C6H5NO3.C4H10N2.4CH4.Cl2OS/c1-3-7-14(10-6-13-2)12(16)11-4-8-15(17)9-5-11;7-6(9)5-1-3-8(10)4-2-5;8-6(9)5-1-3-7(10)4-2-5;1-2-6-4-3-5-6;;;;;1-4(2)3/h4-5,8-9,13H,3,6-7,10H2,1-2H3;1-4H;1-4H,(H,8,9);5H,2-4H2,1H3;4*1H4;. The summed E-state index contributed by atoms with van der Waals surface area (Å²) in [5.74, 6) is -1.05. The van der Waals surface area contributed by atoms with Crippen LogP contribution in [-0.4, -0.2) is 82.7 Å². The number of likely N-dealkylation sites (N-methyl/N-ethyl adjacent to an activating group) is 2. The molecule has 3 aromatic rings. The molecule has 0 unspecified atom stereocenters. The maximum absolute atomic E-state index is 12.1. The summed E-state index contributed by atoms with van der Waals surface area (Å²) in [7, 11) is 9.22. The summed E-state index contributed by atoms with van der Waals surface area (Å²) < 4.78 is 10.9. The highest BCUT2D eigenvalue weighted by Crippen LogP contribution is 2.03. The van der Waals surface area contributed by atoms with E-state index in [0.717, 1.165) is 38.4 Å². The van der Waals surface area contributed by atoms with Crippen molar-refractivity contribution in [2.24, 2.45) is 0 Å². The van der Waals surface area contributed by atoms with Gasteiger partial charge in [0.2, 0.25) is 9.23 Å². The zero-order chi connectivity index (χ0) is 35.8. The van der Waals surface area contributed by atoms with Gasteiger partial charge in [0.1, 0.15) is 0 Å². The molecule has 1 aliphatic heterocycles. The predicted molar refractivity (Wildman–Crippen MR) is 205 cm³/mol. The van der Waals surface area contributed by atoms with Crippen LogP contribution in [0, 0.1) is 15.6 Å². The number of pyridine rings is 3. The number of rotatable bonds is 9. The third-order valence-corrected chi connectivity index (χ3v) is 5.86. The molecule has 0 atom stereocenters. The van der Waals surface area contributed by atoms with Gasteiger partial charge in [-0.05, 0) is 25.1 Å². The van der Waals surface area contributed by atoms with Gasteiger partial charge in [0.25, 0.3) is 11.1 Å². The smallest absolute Gasteiger partial charge is 0.336 e. The lowest BCUT2D eigenvalue weighted by molar-refractivity contribution is -0.605. The van der Waals surface area contributed by atoms with Crippen LogP contribution in [0.3, 0.4) is 0 Å². The van der Waals surface area contributed by atoms with Crippen molar-refractivity contribution in [3.05, 3.63) is 106 Å². The maximum atomic E-state index is 12.1. The Hall–Kier alpha value is -3.64. The van der Waals surface area contributed by atoms with E-state index in [1.165, 1.54) is 62.1 Å². The normalized spacial score (nSPS) is 10.5. The Bertz CT molecular complexity index is 1300. The van der Waals surface area contributed by atoms with Gasteiger partial charge >= 0.3 is 5.97 Å². The van der Waals surface area contributed by atoms with Gasteiger partial charge in [-0.1, -0.05) is 43.6 Å². The summed E-state index contributed by atoms with van der Waals surface area (Å²) in [6.45, 7) is 9.90. The highest BCUT2D eigenvalue weighted by molar-refractivity contribution is 8.26. The second-order valence-corrected chi connectivity index (χ2v) is 11.9. The maximum Gasteiger partial charge on any atom is 0.336 e. The van der Waals surface area contributed by atoms with Crippen LogP contribution in [0.2, 0.25) is 0 Å². The van der Waals surface area contributed by atoms with Crippen LogP contribution in [0.15, 0.2) is 73.6 Å². The summed E-state index contributed by atoms with van der Waals surface area (Å²) in [4.78, 5) is 34.5. The molecule has 3 N–H and O–H groups in total. The van der Waals surface area contributed by atoms with Gasteiger partial charge in [-0.2, -0.15) is 14.2 Å². The van der Waals surface area contributed by atoms with Crippen LogP contribution in [0.1, 0.15) is 81.0 Å². The number of hydrogen-bond donors (Lipinski definition) is 3. The van der Waals surface area contributed by atoms with Crippen molar-refractivity contribution >= 4 is 59.3 Å². The molecule has 4 heterocycles. The van der Waals surface area contributed by atoms with Crippen molar-refractivity contribution in [2.45, 2.75) is 50.0 Å². The Balaban J connectivity index is -0.000000182. The third-order valence-electron chi connectivity index (χ3n) is 5.64. The number of aromatic carboxylic acids is 1. The van der Waals surface area contributed by atoms with E-state index in [0.29, 0.717) is 31.9 Å². The fourth-order valence-corrected chi connectivity index (χ4v) is 3.33. The van der Waals surface area contributed by atoms with E-state index >= 15 is 0 Å². The van der Waals surface area contributed by atoms with Crippen LogP contribution in [0.4, 0.5) is 0 Å². The first-order valence-corrected chi connectivity index (χ1v) is 17.1. The minimum Gasteiger partial charge on any atom is -0.619 e. The number of nitrogens with zero attached hydrogens (tertiary/aromatic N) is 5. The quantitative estimate of drug-likeness (QED) is 0.156. The summed E-state index contributed by atoms with van der Waals surface area (Å²) in [5, 5.41) is 44.7. The number of carbonyl (C=O) groups excluding carboxylic acids is 2. The largest absolute Gasteiger partial charge is 0.619 e. The molecule has 0 aromatic carbocycles. The SMILES string of the molecule is C.C.C.C.CCCN(CCNC)C(=O)c1cc[n+]([O-])cc1.CCN1CCN1.O=C(Cl)c1cc[n+]([O-])cc1.O=C(O)c1cc[n+]([O-])cc1.O=S(Cl)Cl. The van der Waals surface area contributed by atoms with Gasteiger partial charge in [0.15, 0.2) is 37.2 Å². The summed E-state index contributed by atoms with van der Waals surface area (Å²) in [5.41, 5.74) is 4.13. The molecule has 292 valence electrons. The molecule has 0 bridgehead atoms.